The maximum Gasteiger partial charge on any atom is 0.229 e. The van der Waals surface area contributed by atoms with Gasteiger partial charge in [0.25, 0.3) is 0 Å². The topological polar surface area (TPSA) is 74.7 Å². The molecule has 0 bridgehead atoms. The molecule has 1 aromatic heterocycles. The highest BCUT2D eigenvalue weighted by Crippen LogP contribution is 2.46. The average Bonchev–Trinajstić information content (AvgIpc) is 3.49. The third-order valence-corrected chi connectivity index (χ3v) is 8.35. The van der Waals surface area contributed by atoms with Crippen molar-refractivity contribution in [1.82, 2.24) is 9.88 Å². The van der Waals surface area contributed by atoms with Gasteiger partial charge >= 0.3 is 0 Å². The zero-order valence-electron chi connectivity index (χ0n) is 19.7. The molecule has 1 aliphatic carbocycles. The summed E-state index contributed by atoms with van der Waals surface area (Å²) in [6, 6.07) is 6.10. The van der Waals surface area contributed by atoms with Crippen LogP contribution in [0.2, 0.25) is 5.02 Å². The Morgan fingerprint density at radius 2 is 2.03 bits per heavy atom. The summed E-state index contributed by atoms with van der Waals surface area (Å²) < 4.78 is 5.66. The monoisotopic (exact) mass is 471 g/mol. The van der Waals surface area contributed by atoms with Gasteiger partial charge in [-0.15, -0.1) is 0 Å². The van der Waals surface area contributed by atoms with Crippen LogP contribution in [0, 0.1) is 11.8 Å². The van der Waals surface area contributed by atoms with Crippen LogP contribution in [-0.4, -0.2) is 58.3 Å². The molecule has 1 saturated carbocycles. The minimum absolute atomic E-state index is 0.00675. The molecule has 178 valence electrons. The SMILES string of the molecule is CC(C)(O)C1CC1C(=O)Nc1cc2cc(C3CCN(C4(C)CCOC4)CC3)c(Cl)cc2cn1. The summed E-state index contributed by atoms with van der Waals surface area (Å²) >= 11 is 6.71. The first-order valence-electron chi connectivity index (χ1n) is 12.1. The van der Waals surface area contributed by atoms with Crippen LogP contribution in [0.1, 0.15) is 57.9 Å². The highest BCUT2D eigenvalue weighted by molar-refractivity contribution is 6.32. The summed E-state index contributed by atoms with van der Waals surface area (Å²) in [5, 5.41) is 15.9. The molecule has 3 fully saturated rings. The minimum Gasteiger partial charge on any atom is -0.390 e. The standard InChI is InChI=1S/C26H34ClN3O3/c1-25(2,32)21-13-20(21)24(31)29-23-12-17-10-19(22(27)11-18(17)14-28-23)16-4-7-30(8-5-16)26(3)6-9-33-15-26/h10-12,14,16,20-21,32H,4-9,13,15H2,1-3H3,(H,28,29,31). The van der Waals surface area contributed by atoms with E-state index in [4.69, 9.17) is 16.3 Å². The van der Waals surface area contributed by atoms with Crippen molar-refractivity contribution in [3.63, 3.8) is 0 Å². The number of aromatic nitrogens is 1. The maximum absolute atomic E-state index is 12.6. The number of hydrogen-bond donors (Lipinski definition) is 2. The molecule has 2 N–H and O–H groups in total. The van der Waals surface area contributed by atoms with Crippen molar-refractivity contribution < 1.29 is 14.6 Å². The molecule has 3 aliphatic rings. The summed E-state index contributed by atoms with van der Waals surface area (Å²) in [7, 11) is 0. The van der Waals surface area contributed by atoms with Crippen molar-refractivity contribution in [2.24, 2.45) is 11.8 Å². The van der Waals surface area contributed by atoms with Crippen LogP contribution in [0.5, 0.6) is 0 Å². The van der Waals surface area contributed by atoms with Gasteiger partial charge in [0, 0.05) is 34.7 Å². The van der Waals surface area contributed by atoms with Gasteiger partial charge in [0.2, 0.25) is 5.91 Å². The Bertz CT molecular complexity index is 1050. The second-order valence-corrected chi connectivity index (χ2v) is 11.4. The van der Waals surface area contributed by atoms with Gasteiger partial charge in [0.15, 0.2) is 0 Å². The lowest BCUT2D eigenvalue weighted by molar-refractivity contribution is -0.118. The molecule has 3 atom stereocenters. The Morgan fingerprint density at radius 1 is 1.27 bits per heavy atom. The lowest BCUT2D eigenvalue weighted by Gasteiger charge is -2.42. The molecule has 1 aromatic carbocycles. The molecule has 1 amide bonds. The maximum atomic E-state index is 12.6. The fourth-order valence-corrected chi connectivity index (χ4v) is 6.01. The summed E-state index contributed by atoms with van der Waals surface area (Å²) in [4.78, 5) is 19.6. The second-order valence-electron chi connectivity index (χ2n) is 10.9. The zero-order valence-corrected chi connectivity index (χ0v) is 20.5. The van der Waals surface area contributed by atoms with Crippen molar-refractivity contribution in [1.29, 1.82) is 0 Å². The number of carbonyl (C=O) groups excluding carboxylic acids is 1. The molecule has 0 spiro atoms. The number of likely N-dealkylation sites (tertiary alicyclic amines) is 1. The number of halogens is 1. The minimum atomic E-state index is -0.831. The van der Waals surface area contributed by atoms with E-state index in [1.807, 2.05) is 12.1 Å². The summed E-state index contributed by atoms with van der Waals surface area (Å²) in [6.07, 6.45) is 5.75. The summed E-state index contributed by atoms with van der Waals surface area (Å²) in [6.45, 7) is 9.64. The average molecular weight is 472 g/mol. The first kappa shape index (κ1) is 23.0. The van der Waals surface area contributed by atoms with Crippen LogP contribution >= 0.6 is 11.6 Å². The molecule has 3 heterocycles. The van der Waals surface area contributed by atoms with Gasteiger partial charge in [-0.1, -0.05) is 11.6 Å². The number of nitrogens with zero attached hydrogens (tertiary/aromatic N) is 2. The number of nitrogens with one attached hydrogen (secondary N) is 1. The fourth-order valence-electron chi connectivity index (χ4n) is 5.69. The van der Waals surface area contributed by atoms with E-state index in [1.165, 1.54) is 5.56 Å². The van der Waals surface area contributed by atoms with Crippen molar-refractivity contribution in [3.8, 4) is 0 Å². The number of aliphatic hydroxyl groups is 1. The number of carbonyl (C=O) groups is 1. The van der Waals surface area contributed by atoms with E-state index in [9.17, 15) is 9.90 Å². The van der Waals surface area contributed by atoms with Crippen LogP contribution in [0.4, 0.5) is 5.82 Å². The highest BCUT2D eigenvalue weighted by Gasteiger charge is 2.51. The number of benzene rings is 1. The molecule has 2 aromatic rings. The molecular formula is C26H34ClN3O3. The number of pyridine rings is 1. The molecule has 3 unspecified atom stereocenters. The van der Waals surface area contributed by atoms with Crippen LogP contribution < -0.4 is 5.32 Å². The highest BCUT2D eigenvalue weighted by atomic mass is 35.5. The number of anilines is 1. The van der Waals surface area contributed by atoms with Gasteiger partial charge < -0.3 is 15.2 Å². The number of piperidine rings is 1. The van der Waals surface area contributed by atoms with Gasteiger partial charge in [-0.25, -0.2) is 4.98 Å². The largest absolute Gasteiger partial charge is 0.390 e. The van der Waals surface area contributed by atoms with Crippen LogP contribution in [0.15, 0.2) is 24.4 Å². The van der Waals surface area contributed by atoms with Gasteiger partial charge in [-0.3, -0.25) is 9.69 Å². The first-order chi connectivity index (χ1) is 15.6. The number of fused-ring (bicyclic) bond motifs is 1. The Morgan fingerprint density at radius 3 is 2.67 bits per heavy atom. The summed E-state index contributed by atoms with van der Waals surface area (Å²) in [5.74, 6) is 0.758. The first-order valence-corrected chi connectivity index (χ1v) is 12.5. The van der Waals surface area contributed by atoms with E-state index in [-0.39, 0.29) is 23.3 Å². The van der Waals surface area contributed by atoms with Gasteiger partial charge in [0.1, 0.15) is 5.82 Å². The van der Waals surface area contributed by atoms with E-state index < -0.39 is 5.60 Å². The molecular weight excluding hydrogens is 438 g/mol. The fraction of sp³-hybridized carbons (Fsp3) is 0.615. The van der Waals surface area contributed by atoms with Crippen molar-refractivity contribution in [2.45, 2.75) is 63.5 Å². The van der Waals surface area contributed by atoms with Crippen LogP contribution in [0.3, 0.4) is 0 Å². The smallest absolute Gasteiger partial charge is 0.229 e. The van der Waals surface area contributed by atoms with Gasteiger partial charge in [-0.2, -0.15) is 0 Å². The molecule has 7 heteroatoms. The molecule has 6 nitrogen and oxygen atoms in total. The lowest BCUT2D eigenvalue weighted by atomic mass is 9.86. The quantitative estimate of drug-likeness (QED) is 0.667. The van der Waals surface area contributed by atoms with Gasteiger partial charge in [0.05, 0.1) is 12.2 Å². The predicted molar refractivity (Wildman–Crippen MR) is 131 cm³/mol. The molecule has 0 radical (unpaired) electrons. The number of hydrogen-bond acceptors (Lipinski definition) is 5. The van der Waals surface area contributed by atoms with Crippen LogP contribution in [0.25, 0.3) is 10.8 Å². The Labute approximate surface area is 200 Å². The molecule has 33 heavy (non-hydrogen) atoms. The Kier molecular flexibility index (Phi) is 5.93. The van der Waals surface area contributed by atoms with E-state index in [0.717, 1.165) is 61.4 Å². The zero-order chi connectivity index (χ0) is 23.4. The second kappa shape index (κ2) is 8.49. The van der Waals surface area contributed by atoms with E-state index in [1.54, 1.807) is 20.0 Å². The van der Waals surface area contributed by atoms with E-state index in [0.29, 0.717) is 18.2 Å². The summed E-state index contributed by atoms with van der Waals surface area (Å²) in [5.41, 5.74) is 0.523. The third-order valence-electron chi connectivity index (χ3n) is 8.02. The number of ether oxygens (including phenoxy) is 1. The number of rotatable bonds is 5. The van der Waals surface area contributed by atoms with E-state index in [2.05, 4.69) is 28.2 Å². The lowest BCUT2D eigenvalue weighted by Crippen LogP contribution is -2.50. The molecule has 5 rings (SSSR count). The Balaban J connectivity index is 1.29. The number of amides is 1. The van der Waals surface area contributed by atoms with Crippen molar-refractivity contribution in [2.75, 3.05) is 31.6 Å². The normalized spacial score (nSPS) is 28.9. The third kappa shape index (κ3) is 4.63. The van der Waals surface area contributed by atoms with Crippen LogP contribution in [-0.2, 0) is 9.53 Å². The van der Waals surface area contributed by atoms with Crippen molar-refractivity contribution in [3.05, 3.63) is 35.0 Å². The predicted octanol–water partition coefficient (Wildman–Crippen LogP) is 4.59. The van der Waals surface area contributed by atoms with Gasteiger partial charge in [-0.05, 0) is 101 Å². The molecule has 2 saturated heterocycles. The molecule has 2 aliphatic heterocycles. The van der Waals surface area contributed by atoms with Crippen molar-refractivity contribution >= 4 is 34.1 Å². The Hall–Kier alpha value is -1.73. The van der Waals surface area contributed by atoms with E-state index >= 15 is 0 Å².